The van der Waals surface area contributed by atoms with Crippen LogP contribution in [0.25, 0.3) is 10.2 Å². The molecule has 3 aromatic rings. The molecule has 1 N–H and O–H groups in total. The number of carbonyl (C=O) groups is 2. The Balaban J connectivity index is 1.20. The summed E-state index contributed by atoms with van der Waals surface area (Å²) in [5.41, 5.74) is 3.27. The van der Waals surface area contributed by atoms with Crippen LogP contribution in [0.3, 0.4) is 0 Å². The molecule has 1 unspecified atom stereocenters. The van der Waals surface area contributed by atoms with Gasteiger partial charge in [-0.2, -0.15) is 0 Å². The third kappa shape index (κ3) is 5.25. The minimum absolute atomic E-state index is 0.0278. The number of piperidine rings is 1. The average molecular weight is 463 g/mol. The zero-order valence-corrected chi connectivity index (χ0v) is 19.8. The molecule has 1 aromatic heterocycles. The Morgan fingerprint density at radius 3 is 2.67 bits per heavy atom. The fourth-order valence-electron chi connectivity index (χ4n) is 4.71. The molecule has 0 aliphatic carbocycles. The van der Waals surface area contributed by atoms with Crippen molar-refractivity contribution in [2.45, 2.75) is 39.3 Å². The summed E-state index contributed by atoms with van der Waals surface area (Å²) in [4.78, 5) is 34.2. The first kappa shape index (κ1) is 22.0. The number of nitrogens with zero attached hydrogens (tertiary/aromatic N) is 3. The lowest BCUT2D eigenvalue weighted by Crippen LogP contribution is -2.32. The lowest BCUT2D eigenvalue weighted by molar-refractivity contribution is -0.128. The van der Waals surface area contributed by atoms with Crippen molar-refractivity contribution in [2.75, 3.05) is 25.0 Å². The summed E-state index contributed by atoms with van der Waals surface area (Å²) in [5.74, 6) is 0.392. The van der Waals surface area contributed by atoms with Gasteiger partial charge in [-0.05, 0) is 55.1 Å². The first-order valence-electron chi connectivity index (χ1n) is 11.8. The van der Waals surface area contributed by atoms with Crippen molar-refractivity contribution in [3.05, 3.63) is 59.7 Å². The highest BCUT2D eigenvalue weighted by Crippen LogP contribution is 2.29. The number of anilines is 1. The number of aromatic nitrogens is 1. The van der Waals surface area contributed by atoms with Crippen LogP contribution in [0.15, 0.2) is 48.5 Å². The van der Waals surface area contributed by atoms with Crippen LogP contribution < -0.4 is 5.32 Å². The summed E-state index contributed by atoms with van der Waals surface area (Å²) >= 11 is 1.51. The van der Waals surface area contributed by atoms with Gasteiger partial charge in [0.15, 0.2) is 5.13 Å². The van der Waals surface area contributed by atoms with Crippen LogP contribution >= 0.6 is 11.3 Å². The van der Waals surface area contributed by atoms with Crippen LogP contribution in [-0.2, 0) is 22.7 Å². The minimum atomic E-state index is -0.342. The van der Waals surface area contributed by atoms with Crippen LogP contribution in [0.2, 0.25) is 0 Å². The van der Waals surface area contributed by atoms with E-state index < -0.39 is 0 Å². The van der Waals surface area contributed by atoms with E-state index in [2.05, 4.69) is 34.3 Å². The SMILES string of the molecule is CC1CCN(Cc2ccc3nc(NC(=O)C4CC(=O)N(Cc5ccccc5)C4)sc3c2)CC1. The molecule has 0 bridgehead atoms. The molecular weight excluding hydrogens is 432 g/mol. The molecule has 0 spiro atoms. The van der Waals surface area contributed by atoms with Crippen molar-refractivity contribution in [2.24, 2.45) is 11.8 Å². The molecule has 33 heavy (non-hydrogen) atoms. The second-order valence-electron chi connectivity index (χ2n) is 9.43. The number of rotatable bonds is 6. The number of hydrogen-bond acceptors (Lipinski definition) is 5. The van der Waals surface area contributed by atoms with Crippen molar-refractivity contribution in [3.63, 3.8) is 0 Å². The normalized spacial score (nSPS) is 20.0. The van der Waals surface area contributed by atoms with E-state index in [9.17, 15) is 9.59 Å². The van der Waals surface area contributed by atoms with Crippen LogP contribution in [0, 0.1) is 11.8 Å². The molecule has 0 saturated carbocycles. The number of nitrogens with one attached hydrogen (secondary N) is 1. The molecule has 2 aliphatic heterocycles. The van der Waals surface area contributed by atoms with Crippen molar-refractivity contribution in [1.82, 2.24) is 14.8 Å². The molecule has 5 rings (SSSR count). The van der Waals surface area contributed by atoms with Gasteiger partial charge in [0.1, 0.15) is 0 Å². The number of carbonyl (C=O) groups excluding carboxylic acids is 2. The maximum atomic E-state index is 12.9. The van der Waals surface area contributed by atoms with Gasteiger partial charge < -0.3 is 10.2 Å². The number of likely N-dealkylation sites (tertiary alicyclic amines) is 2. The van der Waals surface area contributed by atoms with Crippen molar-refractivity contribution >= 4 is 38.5 Å². The summed E-state index contributed by atoms with van der Waals surface area (Å²) in [6.45, 7) is 6.60. The van der Waals surface area contributed by atoms with E-state index in [1.807, 2.05) is 36.4 Å². The van der Waals surface area contributed by atoms with Crippen LogP contribution in [-0.4, -0.2) is 46.2 Å². The van der Waals surface area contributed by atoms with Gasteiger partial charge in [-0.25, -0.2) is 4.98 Å². The van der Waals surface area contributed by atoms with Crippen LogP contribution in [0.4, 0.5) is 5.13 Å². The van der Waals surface area contributed by atoms with Gasteiger partial charge >= 0.3 is 0 Å². The van der Waals surface area contributed by atoms with Crippen molar-refractivity contribution in [1.29, 1.82) is 0 Å². The topological polar surface area (TPSA) is 65.5 Å². The van der Waals surface area contributed by atoms with Crippen LogP contribution in [0.5, 0.6) is 0 Å². The zero-order valence-electron chi connectivity index (χ0n) is 19.0. The van der Waals surface area contributed by atoms with Gasteiger partial charge in [0, 0.05) is 26.1 Å². The highest BCUT2D eigenvalue weighted by atomic mass is 32.1. The molecular formula is C26H30N4O2S. The monoisotopic (exact) mass is 462 g/mol. The number of thiazole rings is 1. The van der Waals surface area contributed by atoms with Gasteiger partial charge in [-0.3, -0.25) is 14.5 Å². The van der Waals surface area contributed by atoms with Gasteiger partial charge in [-0.1, -0.05) is 54.7 Å². The van der Waals surface area contributed by atoms with E-state index in [-0.39, 0.29) is 24.2 Å². The standard InChI is InChI=1S/C26H30N4O2S/c1-18-9-11-29(12-10-18)15-20-7-8-22-23(13-20)33-26(27-22)28-25(32)21-14-24(31)30(17-21)16-19-5-3-2-4-6-19/h2-8,13,18,21H,9-12,14-17H2,1H3,(H,27,28,32). The van der Waals surface area contributed by atoms with Gasteiger partial charge in [0.05, 0.1) is 16.1 Å². The Labute approximate surface area is 198 Å². The van der Waals surface area contributed by atoms with E-state index in [0.717, 1.165) is 41.3 Å². The molecule has 7 heteroatoms. The molecule has 2 saturated heterocycles. The van der Waals surface area contributed by atoms with E-state index in [0.29, 0.717) is 18.2 Å². The molecule has 2 aromatic carbocycles. The average Bonchev–Trinajstić information content (AvgIpc) is 3.38. The van der Waals surface area contributed by atoms with E-state index in [1.165, 1.54) is 29.7 Å². The summed E-state index contributed by atoms with van der Waals surface area (Å²) in [6, 6.07) is 16.3. The van der Waals surface area contributed by atoms with Crippen molar-refractivity contribution < 1.29 is 9.59 Å². The largest absolute Gasteiger partial charge is 0.338 e. The second kappa shape index (κ2) is 9.61. The number of fused-ring (bicyclic) bond motifs is 1. The predicted octanol–water partition coefficient (Wildman–Crippen LogP) is 4.52. The van der Waals surface area contributed by atoms with Gasteiger partial charge in [0.25, 0.3) is 0 Å². The van der Waals surface area contributed by atoms with E-state index in [1.54, 1.807) is 4.90 Å². The minimum Gasteiger partial charge on any atom is -0.338 e. The lowest BCUT2D eigenvalue weighted by Gasteiger charge is -2.30. The Hall–Kier alpha value is -2.77. The molecule has 3 heterocycles. The Morgan fingerprint density at radius 2 is 1.88 bits per heavy atom. The molecule has 2 amide bonds. The fourth-order valence-corrected chi connectivity index (χ4v) is 5.64. The first-order chi connectivity index (χ1) is 16.0. The predicted molar refractivity (Wildman–Crippen MR) is 132 cm³/mol. The molecule has 2 fully saturated rings. The third-order valence-corrected chi connectivity index (χ3v) is 7.70. The summed E-state index contributed by atoms with van der Waals surface area (Å²) in [7, 11) is 0. The van der Waals surface area contributed by atoms with Crippen molar-refractivity contribution in [3.8, 4) is 0 Å². The first-order valence-corrected chi connectivity index (χ1v) is 12.6. The quantitative estimate of drug-likeness (QED) is 0.585. The van der Waals surface area contributed by atoms with Crippen LogP contribution in [0.1, 0.15) is 37.3 Å². The van der Waals surface area contributed by atoms with E-state index in [4.69, 9.17) is 0 Å². The maximum absolute atomic E-state index is 12.9. The molecule has 0 radical (unpaired) electrons. The van der Waals surface area contributed by atoms with E-state index >= 15 is 0 Å². The second-order valence-corrected chi connectivity index (χ2v) is 10.5. The third-order valence-electron chi connectivity index (χ3n) is 6.77. The number of amides is 2. The Morgan fingerprint density at radius 1 is 1.09 bits per heavy atom. The number of hydrogen-bond donors (Lipinski definition) is 1. The zero-order chi connectivity index (χ0) is 22.8. The highest BCUT2D eigenvalue weighted by molar-refractivity contribution is 7.22. The van der Waals surface area contributed by atoms with Gasteiger partial charge in [0.2, 0.25) is 11.8 Å². The fraction of sp³-hybridized carbons (Fsp3) is 0.423. The highest BCUT2D eigenvalue weighted by Gasteiger charge is 2.34. The lowest BCUT2D eigenvalue weighted by atomic mass is 9.99. The molecule has 1 atom stereocenters. The number of benzene rings is 2. The Bertz CT molecular complexity index is 1140. The summed E-state index contributed by atoms with van der Waals surface area (Å²) in [6.07, 6.45) is 2.79. The Kier molecular flexibility index (Phi) is 6.42. The summed E-state index contributed by atoms with van der Waals surface area (Å²) < 4.78 is 1.08. The maximum Gasteiger partial charge on any atom is 0.231 e. The molecule has 6 nitrogen and oxygen atoms in total. The molecule has 2 aliphatic rings. The van der Waals surface area contributed by atoms with Gasteiger partial charge in [-0.15, -0.1) is 0 Å². The molecule has 172 valence electrons. The summed E-state index contributed by atoms with van der Waals surface area (Å²) in [5, 5.41) is 3.57. The smallest absolute Gasteiger partial charge is 0.231 e.